The van der Waals surface area contributed by atoms with Gasteiger partial charge in [0.25, 0.3) is 5.91 Å². The van der Waals surface area contributed by atoms with Gasteiger partial charge in [-0.3, -0.25) is 14.8 Å². The molecule has 2 fully saturated rings. The molecule has 1 aliphatic carbocycles. The first-order chi connectivity index (χ1) is 14.2. The standard InChI is InChI=1S/C22H15N5OS/c23-11-13-8-19-17(24-12-13)7-6-15(25-19)9-20-21(28)27-22(29-20)26-18-10-16(18)14-4-2-1-3-5-14/h1-9,12,16,18H,10H2,(H,26,27,28)/b20-9-/t16-,18-/m0/s1. The number of aromatic nitrogens is 2. The molecule has 29 heavy (non-hydrogen) atoms. The molecule has 3 aromatic rings. The van der Waals surface area contributed by atoms with E-state index in [2.05, 4.69) is 33.5 Å². The number of hydrogen-bond donors (Lipinski definition) is 1. The Morgan fingerprint density at radius 1 is 1.21 bits per heavy atom. The number of nitrogens with one attached hydrogen (secondary N) is 1. The van der Waals surface area contributed by atoms with Gasteiger partial charge in [-0.25, -0.2) is 4.98 Å². The van der Waals surface area contributed by atoms with E-state index in [1.807, 2.05) is 30.3 Å². The minimum atomic E-state index is -0.170. The Balaban J connectivity index is 1.35. The normalized spacial score (nSPS) is 23.3. The molecule has 3 heterocycles. The summed E-state index contributed by atoms with van der Waals surface area (Å²) in [6.07, 6.45) is 4.26. The molecule has 1 saturated heterocycles. The maximum Gasteiger partial charge on any atom is 0.264 e. The summed E-state index contributed by atoms with van der Waals surface area (Å²) in [6, 6.07) is 17.9. The van der Waals surface area contributed by atoms with E-state index in [-0.39, 0.29) is 11.9 Å². The van der Waals surface area contributed by atoms with E-state index >= 15 is 0 Å². The number of nitriles is 1. The van der Waals surface area contributed by atoms with Crippen LogP contribution in [0.5, 0.6) is 0 Å². The monoisotopic (exact) mass is 397 g/mol. The number of fused-ring (bicyclic) bond motifs is 1. The fourth-order valence-electron chi connectivity index (χ4n) is 3.32. The number of nitrogens with zero attached hydrogens (tertiary/aromatic N) is 4. The van der Waals surface area contributed by atoms with Crippen LogP contribution in [0.2, 0.25) is 0 Å². The van der Waals surface area contributed by atoms with Gasteiger partial charge in [-0.1, -0.05) is 30.3 Å². The summed E-state index contributed by atoms with van der Waals surface area (Å²) in [7, 11) is 0. The van der Waals surface area contributed by atoms with Crippen molar-refractivity contribution in [1.29, 1.82) is 5.26 Å². The highest BCUT2D eigenvalue weighted by molar-refractivity contribution is 8.18. The minimum Gasteiger partial charge on any atom is -0.301 e. The second kappa shape index (κ2) is 7.15. The van der Waals surface area contributed by atoms with Crippen LogP contribution in [-0.2, 0) is 4.79 Å². The highest BCUT2D eigenvalue weighted by atomic mass is 32.2. The lowest BCUT2D eigenvalue weighted by molar-refractivity contribution is -0.115. The molecule has 0 bridgehead atoms. The van der Waals surface area contributed by atoms with Crippen molar-refractivity contribution >= 4 is 39.9 Å². The van der Waals surface area contributed by atoms with Gasteiger partial charge in [0.2, 0.25) is 0 Å². The second-order valence-corrected chi connectivity index (χ2v) is 7.96. The molecule has 7 heteroatoms. The van der Waals surface area contributed by atoms with Crippen molar-refractivity contribution in [3.05, 3.63) is 76.5 Å². The number of amides is 1. The Kier molecular flexibility index (Phi) is 4.34. The predicted octanol–water partition coefficient (Wildman–Crippen LogP) is 3.62. The molecule has 0 radical (unpaired) electrons. The first-order valence-corrected chi connectivity index (χ1v) is 10.0. The SMILES string of the molecule is N#Cc1cnc2ccc(/C=C3\SC(=N[C@H]4C[C@H]4c4ccccc4)NC3=O)nc2c1. The molecule has 5 rings (SSSR count). The van der Waals surface area contributed by atoms with Crippen LogP contribution in [0.15, 0.2) is 64.6 Å². The van der Waals surface area contributed by atoms with Gasteiger partial charge in [-0.05, 0) is 48.0 Å². The molecule has 6 nitrogen and oxygen atoms in total. The average molecular weight is 397 g/mol. The van der Waals surface area contributed by atoms with E-state index in [9.17, 15) is 4.79 Å². The van der Waals surface area contributed by atoms with Crippen LogP contribution in [0, 0.1) is 11.3 Å². The first-order valence-electron chi connectivity index (χ1n) is 9.20. The zero-order chi connectivity index (χ0) is 19.8. The largest absolute Gasteiger partial charge is 0.301 e. The Labute approximate surface area is 171 Å². The van der Waals surface area contributed by atoms with Crippen LogP contribution < -0.4 is 5.32 Å². The van der Waals surface area contributed by atoms with Gasteiger partial charge in [-0.2, -0.15) is 5.26 Å². The van der Waals surface area contributed by atoms with Crippen molar-refractivity contribution in [3.8, 4) is 6.07 Å². The van der Waals surface area contributed by atoms with E-state index in [4.69, 9.17) is 10.3 Å². The van der Waals surface area contributed by atoms with Crippen LogP contribution in [0.25, 0.3) is 17.1 Å². The fraction of sp³-hybridized carbons (Fsp3) is 0.136. The maximum absolute atomic E-state index is 12.3. The molecule has 1 N–H and O–H groups in total. The smallest absolute Gasteiger partial charge is 0.264 e. The van der Waals surface area contributed by atoms with Gasteiger partial charge in [0.15, 0.2) is 5.17 Å². The van der Waals surface area contributed by atoms with Crippen LogP contribution >= 0.6 is 11.8 Å². The third kappa shape index (κ3) is 3.62. The van der Waals surface area contributed by atoms with Crippen molar-refractivity contribution in [2.75, 3.05) is 0 Å². The molecule has 2 aromatic heterocycles. The summed E-state index contributed by atoms with van der Waals surface area (Å²) >= 11 is 1.33. The molecule has 0 spiro atoms. The van der Waals surface area contributed by atoms with Gasteiger partial charge in [0.05, 0.1) is 33.2 Å². The van der Waals surface area contributed by atoms with Crippen LogP contribution in [-0.4, -0.2) is 27.1 Å². The summed E-state index contributed by atoms with van der Waals surface area (Å²) in [5, 5.41) is 12.5. The van der Waals surface area contributed by atoms with E-state index in [1.165, 1.54) is 23.5 Å². The number of carbonyl (C=O) groups excluding carboxylic acids is 1. The number of rotatable bonds is 3. The van der Waals surface area contributed by atoms with Crippen LogP contribution in [0.4, 0.5) is 0 Å². The first kappa shape index (κ1) is 17.6. The zero-order valence-corrected chi connectivity index (χ0v) is 16.1. The molecule has 140 valence electrons. The van der Waals surface area contributed by atoms with Crippen molar-refractivity contribution in [2.45, 2.75) is 18.4 Å². The third-order valence-electron chi connectivity index (χ3n) is 4.89. The van der Waals surface area contributed by atoms with Gasteiger partial charge in [0, 0.05) is 12.1 Å². The lowest BCUT2D eigenvalue weighted by atomic mass is 10.1. The number of pyridine rings is 2. The van der Waals surface area contributed by atoms with Gasteiger partial charge >= 0.3 is 0 Å². The lowest BCUT2D eigenvalue weighted by Crippen LogP contribution is -2.20. The molecule has 1 aromatic carbocycles. The van der Waals surface area contributed by atoms with E-state index in [0.717, 1.165) is 6.42 Å². The Hall–Kier alpha value is -3.50. The lowest BCUT2D eigenvalue weighted by Gasteiger charge is -1.99. The third-order valence-corrected chi connectivity index (χ3v) is 5.81. The number of aliphatic imine (C=N–C) groups is 1. The quantitative estimate of drug-likeness (QED) is 0.682. The van der Waals surface area contributed by atoms with Crippen molar-refractivity contribution in [2.24, 2.45) is 4.99 Å². The van der Waals surface area contributed by atoms with E-state index in [1.54, 1.807) is 12.1 Å². The Bertz CT molecular complexity index is 1230. The van der Waals surface area contributed by atoms with Crippen LogP contribution in [0.3, 0.4) is 0 Å². The van der Waals surface area contributed by atoms with E-state index < -0.39 is 0 Å². The number of benzene rings is 1. The average Bonchev–Trinajstić information content (AvgIpc) is 3.43. The minimum absolute atomic E-state index is 0.170. The number of thioether (sulfide) groups is 1. The topological polar surface area (TPSA) is 91.0 Å². The molecule has 2 atom stereocenters. The Morgan fingerprint density at radius 3 is 2.90 bits per heavy atom. The van der Waals surface area contributed by atoms with Gasteiger partial charge in [0.1, 0.15) is 6.07 Å². The van der Waals surface area contributed by atoms with Crippen molar-refractivity contribution in [1.82, 2.24) is 15.3 Å². The zero-order valence-electron chi connectivity index (χ0n) is 15.2. The van der Waals surface area contributed by atoms with Gasteiger partial charge in [-0.15, -0.1) is 0 Å². The molecular formula is C22H15N5OS. The van der Waals surface area contributed by atoms with Crippen molar-refractivity contribution < 1.29 is 4.79 Å². The highest BCUT2D eigenvalue weighted by Gasteiger charge is 2.39. The summed E-state index contributed by atoms with van der Waals surface area (Å²) in [6.45, 7) is 0. The molecule has 1 amide bonds. The maximum atomic E-state index is 12.3. The fourth-order valence-corrected chi connectivity index (χ4v) is 4.18. The summed E-state index contributed by atoms with van der Waals surface area (Å²) < 4.78 is 0. The summed E-state index contributed by atoms with van der Waals surface area (Å²) in [5.74, 6) is 0.259. The van der Waals surface area contributed by atoms with Crippen LogP contribution in [0.1, 0.15) is 29.2 Å². The molecule has 1 saturated carbocycles. The van der Waals surface area contributed by atoms with Gasteiger partial charge < -0.3 is 5.32 Å². The number of amidine groups is 1. The summed E-state index contributed by atoms with van der Waals surface area (Å²) in [4.78, 5) is 26.3. The number of carbonyl (C=O) groups is 1. The summed E-state index contributed by atoms with van der Waals surface area (Å²) in [5.41, 5.74) is 3.71. The highest BCUT2D eigenvalue weighted by Crippen LogP contribution is 2.44. The Morgan fingerprint density at radius 2 is 2.07 bits per heavy atom. The second-order valence-electron chi connectivity index (χ2n) is 6.93. The molecule has 2 aliphatic rings. The molecule has 1 aliphatic heterocycles. The molecular weight excluding hydrogens is 382 g/mol. The van der Waals surface area contributed by atoms with Crippen molar-refractivity contribution in [3.63, 3.8) is 0 Å². The molecule has 0 unspecified atom stereocenters. The number of hydrogen-bond acceptors (Lipinski definition) is 6. The predicted molar refractivity (Wildman–Crippen MR) is 113 cm³/mol. The van der Waals surface area contributed by atoms with E-state index in [0.29, 0.717) is 38.3 Å².